The van der Waals surface area contributed by atoms with Crippen LogP contribution in [0.5, 0.6) is 0 Å². The van der Waals surface area contributed by atoms with Gasteiger partial charge in [0.25, 0.3) is 0 Å². The van der Waals surface area contributed by atoms with Gasteiger partial charge in [-0.2, -0.15) is 0 Å². The van der Waals surface area contributed by atoms with Crippen molar-refractivity contribution in [3.63, 3.8) is 0 Å². The highest BCUT2D eigenvalue weighted by atomic mass is 16.6. The van der Waals surface area contributed by atoms with Gasteiger partial charge in [-0.3, -0.25) is 0 Å². The van der Waals surface area contributed by atoms with Gasteiger partial charge in [0.1, 0.15) is 26.2 Å². The average Bonchev–Trinajstić information content (AvgIpc) is 2.41. The molecule has 4 atom stereocenters. The van der Waals surface area contributed by atoms with Gasteiger partial charge in [-0.15, -0.1) is 0 Å². The maximum Gasteiger partial charge on any atom is 0.142 e. The van der Waals surface area contributed by atoms with Crippen LogP contribution in [0.1, 0.15) is 0 Å². The fraction of sp³-hybridized carbons (Fsp3) is 1.00. The summed E-state index contributed by atoms with van der Waals surface area (Å²) in [5, 5.41) is 0. The Hall–Kier alpha value is -0.0951. The lowest BCUT2D eigenvalue weighted by molar-refractivity contribution is -0.0463. The first-order valence-electron chi connectivity index (χ1n) is 4.44. The Morgan fingerprint density at radius 3 is 2.23 bits per heavy atom. The average molecular weight is 188 g/mol. The van der Waals surface area contributed by atoms with Crippen LogP contribution in [-0.4, -0.2) is 60.1 Å². The zero-order valence-corrected chi connectivity index (χ0v) is 8.65. The van der Waals surface area contributed by atoms with Gasteiger partial charge in [-0.05, 0) is 0 Å². The molecule has 2 unspecified atom stereocenters. The molecule has 1 rings (SSSR count). The van der Waals surface area contributed by atoms with E-state index in [1.165, 1.54) is 0 Å². The minimum absolute atomic E-state index is 0.00477. The Bertz CT molecular complexity index is 155. The number of ether oxygens (including phenoxy) is 4. The van der Waals surface area contributed by atoms with E-state index in [-0.39, 0.29) is 24.3 Å². The Labute approximate surface area is 79.9 Å². The minimum atomic E-state index is -0.0278. The monoisotopic (exact) mass is 188 g/mol. The molecule has 0 spiro atoms. The highest BCUT2D eigenvalue weighted by molar-refractivity contribution is 6.11. The zero-order valence-electron chi connectivity index (χ0n) is 8.65. The molecule has 1 saturated heterocycles. The summed E-state index contributed by atoms with van der Waals surface area (Å²) in [5.41, 5.74) is 0. The molecule has 0 aromatic heterocycles. The molecule has 0 N–H and O–H groups in total. The second-order valence-electron chi connectivity index (χ2n) is 3.24. The van der Waals surface area contributed by atoms with E-state index in [2.05, 4.69) is 0 Å². The lowest BCUT2D eigenvalue weighted by atomic mass is 9.93. The summed E-state index contributed by atoms with van der Waals surface area (Å²) in [6.07, 6.45) is -0.0416. The topological polar surface area (TPSA) is 36.9 Å². The van der Waals surface area contributed by atoms with Crippen LogP contribution in [0.25, 0.3) is 0 Å². The van der Waals surface area contributed by atoms with Gasteiger partial charge < -0.3 is 18.9 Å². The lowest BCUT2D eigenvalue weighted by Crippen LogP contribution is -2.37. The first-order chi connectivity index (χ1) is 6.24. The molecular weight excluding hydrogens is 171 g/mol. The molecule has 0 saturated carbocycles. The van der Waals surface area contributed by atoms with Crippen molar-refractivity contribution in [2.24, 2.45) is 0 Å². The van der Waals surface area contributed by atoms with Crippen molar-refractivity contribution in [3.8, 4) is 0 Å². The van der Waals surface area contributed by atoms with E-state index in [0.29, 0.717) is 6.61 Å². The molecular formula is C8H17BO4. The van der Waals surface area contributed by atoms with E-state index in [0.717, 1.165) is 0 Å². The molecule has 76 valence electrons. The molecule has 4 nitrogen and oxygen atoms in total. The summed E-state index contributed by atoms with van der Waals surface area (Å²) in [5.74, 6) is 0. The SMILES string of the molecule is B[C@@H]1O[C@H](COC)C(OC)C1OC. The fourth-order valence-electron chi connectivity index (χ4n) is 1.82. The maximum atomic E-state index is 5.63. The Morgan fingerprint density at radius 2 is 1.77 bits per heavy atom. The summed E-state index contributed by atoms with van der Waals surface area (Å²) < 4.78 is 21.3. The van der Waals surface area contributed by atoms with Crippen molar-refractivity contribution in [2.45, 2.75) is 24.3 Å². The van der Waals surface area contributed by atoms with Crippen molar-refractivity contribution in [3.05, 3.63) is 0 Å². The van der Waals surface area contributed by atoms with E-state index in [1.807, 2.05) is 7.85 Å². The highest BCUT2D eigenvalue weighted by Crippen LogP contribution is 2.24. The number of methoxy groups -OCH3 is 3. The summed E-state index contributed by atoms with van der Waals surface area (Å²) in [4.78, 5) is 0. The third-order valence-electron chi connectivity index (χ3n) is 2.42. The molecule has 1 aliphatic heterocycles. The van der Waals surface area contributed by atoms with Crippen LogP contribution in [0.4, 0.5) is 0 Å². The minimum Gasteiger partial charge on any atom is -0.382 e. The third kappa shape index (κ3) is 2.23. The summed E-state index contributed by atoms with van der Waals surface area (Å²) in [6.45, 7) is 0.544. The molecule has 0 bridgehead atoms. The fourth-order valence-corrected chi connectivity index (χ4v) is 1.82. The molecule has 0 aromatic rings. The quantitative estimate of drug-likeness (QED) is 0.531. The van der Waals surface area contributed by atoms with Gasteiger partial charge in [0, 0.05) is 21.3 Å². The predicted octanol–water partition coefficient (Wildman–Crippen LogP) is -0.979. The first-order valence-corrected chi connectivity index (χ1v) is 4.44. The van der Waals surface area contributed by atoms with Crippen LogP contribution < -0.4 is 0 Å². The van der Waals surface area contributed by atoms with E-state index < -0.39 is 0 Å². The van der Waals surface area contributed by atoms with Gasteiger partial charge in [-0.25, -0.2) is 0 Å². The first kappa shape index (κ1) is 11.0. The largest absolute Gasteiger partial charge is 0.382 e. The van der Waals surface area contributed by atoms with Crippen LogP contribution in [0.3, 0.4) is 0 Å². The molecule has 0 aliphatic carbocycles. The van der Waals surface area contributed by atoms with Gasteiger partial charge in [0.15, 0.2) is 0 Å². The molecule has 13 heavy (non-hydrogen) atoms. The van der Waals surface area contributed by atoms with Crippen molar-refractivity contribution >= 4 is 7.85 Å². The lowest BCUT2D eigenvalue weighted by Gasteiger charge is -2.20. The van der Waals surface area contributed by atoms with Crippen LogP contribution in [0, 0.1) is 0 Å². The van der Waals surface area contributed by atoms with Gasteiger partial charge in [0.2, 0.25) is 0 Å². The molecule has 0 radical (unpaired) electrons. The van der Waals surface area contributed by atoms with Crippen LogP contribution in [-0.2, 0) is 18.9 Å². The smallest absolute Gasteiger partial charge is 0.142 e. The van der Waals surface area contributed by atoms with Gasteiger partial charge >= 0.3 is 0 Å². The maximum absolute atomic E-state index is 5.63. The van der Waals surface area contributed by atoms with E-state index in [4.69, 9.17) is 18.9 Å². The molecule has 1 fully saturated rings. The van der Waals surface area contributed by atoms with Crippen LogP contribution in [0.2, 0.25) is 0 Å². The van der Waals surface area contributed by atoms with E-state index >= 15 is 0 Å². The highest BCUT2D eigenvalue weighted by Gasteiger charge is 2.42. The molecule has 5 heteroatoms. The van der Waals surface area contributed by atoms with E-state index in [1.54, 1.807) is 21.3 Å². The Kier molecular flexibility index (Phi) is 4.19. The number of hydrogen-bond donors (Lipinski definition) is 0. The van der Waals surface area contributed by atoms with Crippen molar-refractivity contribution < 1.29 is 18.9 Å². The molecule has 1 aliphatic rings. The Balaban J connectivity index is 2.57. The van der Waals surface area contributed by atoms with Gasteiger partial charge in [-0.1, -0.05) is 0 Å². The molecule has 0 amide bonds. The van der Waals surface area contributed by atoms with Crippen molar-refractivity contribution in [1.29, 1.82) is 0 Å². The third-order valence-corrected chi connectivity index (χ3v) is 2.42. The second kappa shape index (κ2) is 4.95. The summed E-state index contributed by atoms with van der Waals surface area (Å²) in [6, 6.07) is 0.0649. The van der Waals surface area contributed by atoms with Crippen LogP contribution in [0.15, 0.2) is 0 Å². The van der Waals surface area contributed by atoms with Gasteiger partial charge in [0.05, 0.1) is 12.6 Å². The second-order valence-corrected chi connectivity index (χ2v) is 3.24. The summed E-state index contributed by atoms with van der Waals surface area (Å²) in [7, 11) is 6.98. The molecule has 1 heterocycles. The number of hydrogen-bond acceptors (Lipinski definition) is 4. The van der Waals surface area contributed by atoms with Crippen molar-refractivity contribution in [1.82, 2.24) is 0 Å². The van der Waals surface area contributed by atoms with Crippen LogP contribution >= 0.6 is 0 Å². The number of rotatable bonds is 4. The van der Waals surface area contributed by atoms with E-state index in [9.17, 15) is 0 Å². The molecule has 0 aromatic carbocycles. The standard InChI is InChI=1S/C8H17BO4/c1-10-4-5-6(11-2)7(12-3)8(9)13-5/h5-8H,4,9H2,1-3H3/t5-,6?,7?,8-/m1/s1. The zero-order chi connectivity index (χ0) is 9.84. The Morgan fingerprint density at radius 1 is 1.15 bits per heavy atom. The van der Waals surface area contributed by atoms with Crippen molar-refractivity contribution in [2.75, 3.05) is 27.9 Å². The summed E-state index contributed by atoms with van der Waals surface area (Å²) >= 11 is 0. The predicted molar refractivity (Wildman–Crippen MR) is 50.7 cm³/mol. The normalized spacial score (nSPS) is 39.6.